The van der Waals surface area contributed by atoms with Crippen molar-refractivity contribution in [3.8, 4) is 11.5 Å². The van der Waals surface area contributed by atoms with Crippen molar-refractivity contribution in [3.05, 3.63) is 64.9 Å². The molecule has 1 amide bonds. The third-order valence-corrected chi connectivity index (χ3v) is 7.37. The molecule has 0 radical (unpaired) electrons. The molecule has 0 saturated carbocycles. The number of halogens is 1. The van der Waals surface area contributed by atoms with Gasteiger partial charge in [0.2, 0.25) is 0 Å². The molecule has 2 bridgehead atoms. The van der Waals surface area contributed by atoms with E-state index in [9.17, 15) is 4.79 Å². The Balaban J connectivity index is 1.25. The summed E-state index contributed by atoms with van der Waals surface area (Å²) in [4.78, 5) is 16.6. The van der Waals surface area contributed by atoms with E-state index < -0.39 is 0 Å². The average molecular weight is 513 g/mol. The highest BCUT2D eigenvalue weighted by Crippen LogP contribution is 2.38. The Morgan fingerprint density at radius 2 is 1.86 bits per heavy atom. The molecule has 192 valence electrons. The second-order valence-corrected chi connectivity index (χ2v) is 10.2. The van der Waals surface area contributed by atoms with Gasteiger partial charge in [0.15, 0.2) is 0 Å². The van der Waals surface area contributed by atoms with Gasteiger partial charge in [0.05, 0.1) is 36.7 Å². The van der Waals surface area contributed by atoms with Gasteiger partial charge in [0, 0.05) is 54.1 Å². The number of ether oxygens (including phenoxy) is 3. The molecule has 1 unspecified atom stereocenters. The molecule has 5 rings (SSSR count). The molecule has 2 saturated heterocycles. The zero-order valence-electron chi connectivity index (χ0n) is 21.1. The minimum atomic E-state index is -0.167. The van der Waals surface area contributed by atoms with Crippen LogP contribution in [-0.4, -0.2) is 54.3 Å². The summed E-state index contributed by atoms with van der Waals surface area (Å²) >= 11 is 6.38. The largest absolute Gasteiger partial charge is 0.496 e. The minimum absolute atomic E-state index is 0.0945. The lowest BCUT2D eigenvalue weighted by Crippen LogP contribution is -2.51. The predicted molar refractivity (Wildman–Crippen MR) is 139 cm³/mol. The van der Waals surface area contributed by atoms with E-state index in [0.29, 0.717) is 22.6 Å². The maximum absolute atomic E-state index is 12.6. The molecule has 4 aliphatic heterocycles. The number of methoxy groups -OCH3 is 2. The van der Waals surface area contributed by atoms with Gasteiger partial charge in [-0.05, 0) is 57.7 Å². The van der Waals surface area contributed by atoms with Crippen LogP contribution in [0, 0.1) is 0 Å². The van der Waals surface area contributed by atoms with Crippen LogP contribution in [0.4, 0.5) is 4.79 Å². The molecular formula is C27H33ClN4O4. The van der Waals surface area contributed by atoms with Crippen molar-refractivity contribution < 1.29 is 19.0 Å². The van der Waals surface area contributed by atoms with Crippen molar-refractivity contribution in [2.45, 2.75) is 63.8 Å². The lowest BCUT2D eigenvalue weighted by atomic mass is 9.97. The number of nitrogens with one attached hydrogen (secondary N) is 2. The molecule has 36 heavy (non-hydrogen) atoms. The SMILES string of the molecule is COc1cc(OC)c(C2=CN3C=CC(NC4C[C@H]5CC[C@@H](C4)N5C(=O)OC(C)C)=CC3=CN2)cc1Cl. The molecule has 1 aromatic carbocycles. The molecule has 8 nitrogen and oxygen atoms in total. The van der Waals surface area contributed by atoms with Crippen LogP contribution < -0.4 is 20.1 Å². The molecule has 4 heterocycles. The molecule has 0 aliphatic carbocycles. The van der Waals surface area contributed by atoms with Gasteiger partial charge in [-0.25, -0.2) is 4.79 Å². The van der Waals surface area contributed by atoms with Crippen LogP contribution >= 0.6 is 11.6 Å². The number of nitrogens with zero attached hydrogens (tertiary/aromatic N) is 2. The molecule has 0 spiro atoms. The van der Waals surface area contributed by atoms with Crippen LogP contribution in [0.2, 0.25) is 5.02 Å². The molecule has 2 fully saturated rings. The van der Waals surface area contributed by atoms with E-state index in [1.807, 2.05) is 43.4 Å². The Bertz CT molecular complexity index is 1140. The first-order valence-electron chi connectivity index (χ1n) is 12.4. The van der Waals surface area contributed by atoms with Crippen molar-refractivity contribution in [2.75, 3.05) is 14.2 Å². The summed E-state index contributed by atoms with van der Waals surface area (Å²) in [6.45, 7) is 3.80. The Kier molecular flexibility index (Phi) is 6.79. The molecule has 1 aromatic rings. The highest BCUT2D eigenvalue weighted by molar-refractivity contribution is 6.32. The monoisotopic (exact) mass is 512 g/mol. The number of amides is 1. The summed E-state index contributed by atoms with van der Waals surface area (Å²) < 4.78 is 16.4. The van der Waals surface area contributed by atoms with E-state index in [4.69, 9.17) is 25.8 Å². The van der Waals surface area contributed by atoms with Crippen LogP contribution in [0.1, 0.15) is 45.1 Å². The maximum Gasteiger partial charge on any atom is 0.410 e. The van der Waals surface area contributed by atoms with E-state index in [1.54, 1.807) is 20.3 Å². The number of rotatable bonds is 6. The van der Waals surface area contributed by atoms with Gasteiger partial charge in [-0.3, -0.25) is 0 Å². The Morgan fingerprint density at radius 3 is 2.53 bits per heavy atom. The number of allylic oxidation sites excluding steroid dienone is 2. The van der Waals surface area contributed by atoms with Crippen molar-refractivity contribution in [1.29, 1.82) is 0 Å². The van der Waals surface area contributed by atoms with Crippen molar-refractivity contribution >= 4 is 23.4 Å². The fraction of sp³-hybridized carbons (Fsp3) is 0.444. The second-order valence-electron chi connectivity index (χ2n) is 9.80. The minimum Gasteiger partial charge on any atom is -0.496 e. The van der Waals surface area contributed by atoms with Crippen molar-refractivity contribution in [1.82, 2.24) is 20.4 Å². The molecule has 0 aromatic heterocycles. The number of piperidine rings is 1. The van der Waals surface area contributed by atoms with Crippen LogP contribution in [0.15, 0.2) is 54.3 Å². The summed E-state index contributed by atoms with van der Waals surface area (Å²) in [6, 6.07) is 4.43. The molecule has 4 aliphatic rings. The summed E-state index contributed by atoms with van der Waals surface area (Å²) in [5, 5.41) is 7.59. The highest BCUT2D eigenvalue weighted by Gasteiger charge is 2.44. The van der Waals surface area contributed by atoms with Gasteiger partial charge in [-0.1, -0.05) is 11.6 Å². The van der Waals surface area contributed by atoms with Crippen LogP contribution in [-0.2, 0) is 4.74 Å². The predicted octanol–water partition coefficient (Wildman–Crippen LogP) is 4.94. The zero-order chi connectivity index (χ0) is 25.4. The van der Waals surface area contributed by atoms with E-state index in [2.05, 4.69) is 27.7 Å². The Labute approximate surface area is 217 Å². The smallest absolute Gasteiger partial charge is 0.410 e. The van der Waals surface area contributed by atoms with Gasteiger partial charge in [0.1, 0.15) is 11.5 Å². The van der Waals surface area contributed by atoms with Gasteiger partial charge >= 0.3 is 6.09 Å². The number of carbonyl (C=O) groups is 1. The third-order valence-electron chi connectivity index (χ3n) is 7.08. The lowest BCUT2D eigenvalue weighted by molar-refractivity contribution is 0.0453. The van der Waals surface area contributed by atoms with Crippen LogP contribution in [0.25, 0.3) is 5.70 Å². The first-order valence-corrected chi connectivity index (χ1v) is 12.8. The number of fused-ring (bicyclic) bond motifs is 3. The quantitative estimate of drug-likeness (QED) is 0.559. The van der Waals surface area contributed by atoms with E-state index >= 15 is 0 Å². The molecule has 2 N–H and O–H groups in total. The molecular weight excluding hydrogens is 480 g/mol. The summed E-state index contributed by atoms with van der Waals surface area (Å²) in [5.41, 5.74) is 3.79. The average Bonchev–Trinajstić information content (AvgIpc) is 3.13. The van der Waals surface area contributed by atoms with E-state index in [-0.39, 0.29) is 24.3 Å². The molecule has 9 heteroatoms. The number of hydrogen-bond acceptors (Lipinski definition) is 7. The Morgan fingerprint density at radius 1 is 1.14 bits per heavy atom. The lowest BCUT2D eigenvalue weighted by Gasteiger charge is -2.39. The highest BCUT2D eigenvalue weighted by atomic mass is 35.5. The van der Waals surface area contributed by atoms with Crippen LogP contribution in [0.3, 0.4) is 0 Å². The Hall–Kier alpha value is -3.26. The third kappa shape index (κ3) is 4.74. The topological polar surface area (TPSA) is 75.3 Å². The number of benzene rings is 1. The summed E-state index contributed by atoms with van der Waals surface area (Å²) in [5.74, 6) is 1.24. The van der Waals surface area contributed by atoms with E-state index in [1.165, 1.54) is 0 Å². The maximum atomic E-state index is 12.6. The first-order chi connectivity index (χ1) is 17.4. The van der Waals surface area contributed by atoms with Crippen LogP contribution in [0.5, 0.6) is 11.5 Å². The fourth-order valence-corrected chi connectivity index (χ4v) is 5.73. The second kappa shape index (κ2) is 10.0. The van der Waals surface area contributed by atoms with Gasteiger partial charge in [-0.2, -0.15) is 0 Å². The van der Waals surface area contributed by atoms with Gasteiger partial charge in [0.25, 0.3) is 0 Å². The zero-order valence-corrected chi connectivity index (χ0v) is 21.8. The fourth-order valence-electron chi connectivity index (χ4n) is 5.49. The normalized spacial score (nSPS) is 24.4. The summed E-state index contributed by atoms with van der Waals surface area (Å²) in [6.07, 6.45) is 13.9. The molecule has 3 atom stereocenters. The van der Waals surface area contributed by atoms with Gasteiger partial charge in [-0.15, -0.1) is 0 Å². The first kappa shape index (κ1) is 24.4. The van der Waals surface area contributed by atoms with Crippen molar-refractivity contribution in [3.63, 3.8) is 0 Å². The number of hydrogen-bond donors (Lipinski definition) is 2. The van der Waals surface area contributed by atoms with E-state index in [0.717, 1.165) is 48.3 Å². The standard InChI is InChI=1S/C27H33ClN4O4/c1-16(2)36-27(33)32-19-5-6-20(32)11-18(10-19)30-17-7-8-31-15-24(29-14-21(31)9-17)22-12-23(28)26(35-4)13-25(22)34-3/h7-9,12-16,18-20,29-30H,5-6,10-11H2,1-4H3/t18?,19-,20+. The van der Waals surface area contributed by atoms with Gasteiger partial charge < -0.3 is 34.6 Å². The number of carbonyl (C=O) groups excluding carboxylic acids is 1. The summed E-state index contributed by atoms with van der Waals surface area (Å²) in [7, 11) is 3.21. The van der Waals surface area contributed by atoms with Crippen molar-refractivity contribution in [2.24, 2.45) is 0 Å².